The maximum absolute atomic E-state index is 14.0. The number of ether oxygens (including phenoxy) is 1. The van der Waals surface area contributed by atoms with E-state index in [1.54, 1.807) is 17.0 Å². The van der Waals surface area contributed by atoms with Gasteiger partial charge in [0.15, 0.2) is 0 Å². The number of pyridine rings is 1. The van der Waals surface area contributed by atoms with Crippen LogP contribution in [-0.2, 0) is 23.2 Å². The van der Waals surface area contributed by atoms with Crippen molar-refractivity contribution in [3.63, 3.8) is 0 Å². The SMILES string of the molecule is CN(C(=O)N1CCC(c2ccc(NC3CCC(=O)NC3=O)cc2)CC1)C1CCN(Cc2ccc(-c3cn(C)c(=O)c4cc(F)ccc34)cc2OC(F)(F)F)CC1. The van der Waals surface area contributed by atoms with E-state index in [1.165, 1.54) is 41.6 Å². The lowest BCUT2D eigenvalue weighted by Crippen LogP contribution is -2.51. The summed E-state index contributed by atoms with van der Waals surface area (Å²) in [5.41, 5.74) is 2.76. The first-order chi connectivity index (χ1) is 26.7. The molecule has 3 aromatic carbocycles. The molecule has 0 aliphatic carbocycles. The molecule has 3 aliphatic rings. The minimum Gasteiger partial charge on any atom is -0.405 e. The molecule has 3 fully saturated rings. The molecule has 11 nitrogen and oxygen atoms in total. The number of carbonyl (C=O) groups is 3. The molecule has 7 rings (SSSR count). The van der Waals surface area contributed by atoms with Gasteiger partial charge >= 0.3 is 12.4 Å². The van der Waals surface area contributed by atoms with Gasteiger partial charge in [0.25, 0.3) is 5.56 Å². The van der Waals surface area contributed by atoms with Crippen LogP contribution in [0.4, 0.5) is 28.0 Å². The standard InChI is InChI=1S/C41H44F4N6O5/c1-48-24-34(32-10-7-29(42)22-33(32)39(48)54)27-3-4-28(36(21-27)56-41(43,44)45)23-50-17-15-31(16-18-50)49(2)40(55)51-19-13-26(14-20-51)25-5-8-30(9-6-25)46-35-11-12-37(52)47-38(35)53/h3-10,21-22,24,26,31,35,46H,11-20,23H2,1-2H3,(H,47,52,53). The van der Waals surface area contributed by atoms with Crippen molar-refractivity contribution >= 4 is 34.3 Å². The molecule has 4 amide bonds. The number of anilines is 1. The van der Waals surface area contributed by atoms with E-state index in [2.05, 4.69) is 20.3 Å². The number of alkyl halides is 3. The van der Waals surface area contributed by atoms with E-state index in [-0.39, 0.29) is 41.6 Å². The second-order valence-corrected chi connectivity index (χ2v) is 15.0. The van der Waals surface area contributed by atoms with Crippen LogP contribution in [0.15, 0.2) is 71.7 Å². The summed E-state index contributed by atoms with van der Waals surface area (Å²) in [6.45, 7) is 2.59. The Morgan fingerprint density at radius 1 is 0.911 bits per heavy atom. The molecule has 0 spiro atoms. The van der Waals surface area contributed by atoms with Gasteiger partial charge in [-0.15, -0.1) is 13.2 Å². The molecule has 0 saturated carbocycles. The second-order valence-electron chi connectivity index (χ2n) is 15.0. The highest BCUT2D eigenvalue weighted by Crippen LogP contribution is 2.36. The van der Waals surface area contributed by atoms with Gasteiger partial charge in [0, 0.05) is 82.3 Å². The van der Waals surface area contributed by atoms with Crippen LogP contribution in [0.25, 0.3) is 21.9 Å². The maximum atomic E-state index is 14.0. The summed E-state index contributed by atoms with van der Waals surface area (Å²) in [4.78, 5) is 55.5. The number of halogens is 4. The fourth-order valence-corrected chi connectivity index (χ4v) is 8.12. The van der Waals surface area contributed by atoms with Crippen LogP contribution in [0.3, 0.4) is 0 Å². The van der Waals surface area contributed by atoms with Gasteiger partial charge in [-0.1, -0.05) is 30.3 Å². The molecule has 1 atom stereocenters. The first kappa shape index (κ1) is 38.8. The average Bonchev–Trinajstić information content (AvgIpc) is 3.17. The lowest BCUT2D eigenvalue weighted by molar-refractivity contribution is -0.275. The van der Waals surface area contributed by atoms with Gasteiger partial charge in [-0.3, -0.25) is 24.6 Å². The van der Waals surface area contributed by atoms with Gasteiger partial charge < -0.3 is 24.4 Å². The minimum absolute atomic E-state index is 0.0167. The molecule has 3 aliphatic heterocycles. The van der Waals surface area contributed by atoms with Crippen molar-refractivity contribution in [3.8, 4) is 16.9 Å². The number of aromatic nitrogens is 1. The fourth-order valence-electron chi connectivity index (χ4n) is 8.12. The Hall–Kier alpha value is -5.44. The number of urea groups is 1. The molecule has 1 unspecified atom stereocenters. The zero-order valence-corrected chi connectivity index (χ0v) is 31.2. The van der Waals surface area contributed by atoms with Crippen LogP contribution >= 0.6 is 0 Å². The molecule has 4 aromatic rings. The Kier molecular flexibility index (Phi) is 11.1. The number of nitrogens with zero attached hydrogens (tertiary/aromatic N) is 4. The number of imide groups is 1. The summed E-state index contributed by atoms with van der Waals surface area (Å²) < 4.78 is 60.7. The molecule has 3 saturated heterocycles. The Labute approximate surface area is 321 Å². The number of aryl methyl sites for hydroxylation is 1. The second kappa shape index (κ2) is 16.0. The van der Waals surface area contributed by atoms with Crippen molar-refractivity contribution in [2.75, 3.05) is 38.5 Å². The van der Waals surface area contributed by atoms with Gasteiger partial charge in [0.2, 0.25) is 11.8 Å². The van der Waals surface area contributed by atoms with Crippen LogP contribution in [-0.4, -0.2) is 88.8 Å². The average molecular weight is 777 g/mol. The zero-order valence-electron chi connectivity index (χ0n) is 31.2. The summed E-state index contributed by atoms with van der Waals surface area (Å²) in [6, 6.07) is 15.8. The lowest BCUT2D eigenvalue weighted by Gasteiger charge is -2.40. The van der Waals surface area contributed by atoms with Gasteiger partial charge in [0.05, 0.1) is 5.39 Å². The molecule has 0 bridgehead atoms. The van der Waals surface area contributed by atoms with Crippen LogP contribution < -0.4 is 20.9 Å². The molecule has 15 heteroatoms. The smallest absolute Gasteiger partial charge is 0.405 e. The third kappa shape index (κ3) is 8.67. The highest BCUT2D eigenvalue weighted by molar-refractivity contribution is 6.01. The fraction of sp³-hybridized carbons (Fsp3) is 0.415. The van der Waals surface area contributed by atoms with E-state index in [1.807, 2.05) is 36.2 Å². The predicted octanol–water partition coefficient (Wildman–Crippen LogP) is 6.36. The van der Waals surface area contributed by atoms with Crippen molar-refractivity contribution in [1.82, 2.24) is 24.6 Å². The highest BCUT2D eigenvalue weighted by atomic mass is 19.4. The molecule has 4 heterocycles. The number of benzene rings is 3. The van der Waals surface area contributed by atoms with Crippen LogP contribution in [0.5, 0.6) is 5.75 Å². The summed E-state index contributed by atoms with van der Waals surface area (Å²) in [7, 11) is 3.32. The largest absolute Gasteiger partial charge is 0.573 e. The number of likely N-dealkylation sites (tertiary alicyclic amines) is 2. The number of carbonyl (C=O) groups excluding carboxylic acids is 3. The van der Waals surface area contributed by atoms with Crippen molar-refractivity contribution in [2.24, 2.45) is 7.05 Å². The first-order valence-corrected chi connectivity index (χ1v) is 18.8. The molecule has 56 heavy (non-hydrogen) atoms. The van der Waals surface area contributed by atoms with Crippen LogP contribution in [0, 0.1) is 5.82 Å². The van der Waals surface area contributed by atoms with Crippen LogP contribution in [0.2, 0.25) is 0 Å². The third-order valence-electron chi connectivity index (χ3n) is 11.3. The van der Waals surface area contributed by atoms with Gasteiger partial charge in [-0.25, -0.2) is 9.18 Å². The molecule has 296 valence electrons. The van der Waals surface area contributed by atoms with Gasteiger partial charge in [0.1, 0.15) is 17.6 Å². The predicted molar refractivity (Wildman–Crippen MR) is 203 cm³/mol. The van der Waals surface area contributed by atoms with Crippen molar-refractivity contribution in [1.29, 1.82) is 0 Å². The maximum Gasteiger partial charge on any atom is 0.573 e. The number of nitrogens with one attached hydrogen (secondary N) is 2. The number of hydrogen-bond acceptors (Lipinski definition) is 7. The number of amides is 4. The Morgan fingerprint density at radius 2 is 1.62 bits per heavy atom. The topological polar surface area (TPSA) is 116 Å². The molecule has 1 aromatic heterocycles. The van der Waals surface area contributed by atoms with E-state index < -0.39 is 23.8 Å². The number of rotatable bonds is 8. The van der Waals surface area contributed by atoms with E-state index >= 15 is 0 Å². The van der Waals surface area contributed by atoms with E-state index in [0.717, 1.165) is 24.6 Å². The summed E-state index contributed by atoms with van der Waals surface area (Å²) in [5, 5.41) is 6.09. The van der Waals surface area contributed by atoms with Gasteiger partial charge in [-0.2, -0.15) is 0 Å². The minimum atomic E-state index is -4.94. The first-order valence-electron chi connectivity index (χ1n) is 18.8. The summed E-state index contributed by atoms with van der Waals surface area (Å²) >= 11 is 0. The monoisotopic (exact) mass is 776 g/mol. The van der Waals surface area contributed by atoms with E-state index in [0.29, 0.717) is 79.9 Å². The van der Waals surface area contributed by atoms with E-state index in [9.17, 15) is 36.7 Å². The zero-order chi connectivity index (χ0) is 39.7. The van der Waals surface area contributed by atoms with Gasteiger partial charge in [-0.05, 0) is 84.9 Å². The third-order valence-corrected chi connectivity index (χ3v) is 11.3. The molecule has 0 radical (unpaired) electrons. The number of piperidine rings is 3. The Bertz CT molecular complexity index is 2180. The molecular weight excluding hydrogens is 732 g/mol. The Morgan fingerprint density at radius 3 is 2.30 bits per heavy atom. The van der Waals surface area contributed by atoms with Crippen molar-refractivity contribution in [3.05, 3.63) is 94.2 Å². The summed E-state index contributed by atoms with van der Waals surface area (Å²) in [6.07, 6.45) is 0.290. The molecular formula is C41H44F4N6O5. The van der Waals surface area contributed by atoms with E-state index in [4.69, 9.17) is 0 Å². The highest BCUT2D eigenvalue weighted by Gasteiger charge is 2.34. The van der Waals surface area contributed by atoms with Crippen LogP contribution in [0.1, 0.15) is 55.6 Å². The normalized spacial score (nSPS) is 18.9. The van der Waals surface area contributed by atoms with Crippen molar-refractivity contribution < 1.29 is 36.7 Å². The number of fused-ring (bicyclic) bond motifs is 1. The number of hydrogen-bond donors (Lipinski definition) is 2. The quantitative estimate of drug-likeness (QED) is 0.158. The lowest BCUT2D eigenvalue weighted by atomic mass is 9.89. The summed E-state index contributed by atoms with van der Waals surface area (Å²) in [5.74, 6) is -1.22. The van der Waals surface area contributed by atoms with Crippen molar-refractivity contribution in [2.45, 2.75) is 69.4 Å². The molecule has 2 N–H and O–H groups in total. The Balaban J connectivity index is 0.934.